The average Bonchev–Trinajstić information content (AvgIpc) is 3.31. The summed E-state index contributed by atoms with van der Waals surface area (Å²) >= 11 is 1.38. The maximum atomic E-state index is 8.58. The Hall–Kier alpha value is -3.44. The number of anilines is 1. The highest BCUT2D eigenvalue weighted by Crippen LogP contribution is 2.36. The lowest BCUT2D eigenvalue weighted by atomic mass is 10.2. The fourth-order valence-electron chi connectivity index (χ4n) is 3.57. The largest absolute Gasteiger partial charge is 0.491 e. The molecule has 32 heavy (non-hydrogen) atoms. The number of nitrogens with two attached hydrogens (primary N) is 2. The van der Waals surface area contributed by atoms with E-state index < -0.39 is 0 Å². The second-order valence-electron chi connectivity index (χ2n) is 6.98. The van der Waals surface area contributed by atoms with Crippen LogP contribution in [0.25, 0.3) is 32.9 Å². The first-order valence-electron chi connectivity index (χ1n) is 10.1. The summed E-state index contributed by atoms with van der Waals surface area (Å²) in [6.45, 7) is 2.54. The van der Waals surface area contributed by atoms with Crippen LogP contribution in [0.2, 0.25) is 0 Å². The Morgan fingerprint density at radius 3 is 2.84 bits per heavy atom. The number of ether oxygens (including phenoxy) is 3. The molecule has 168 valence electrons. The molecule has 4 aromatic rings. The number of primary amides is 1. The zero-order valence-electron chi connectivity index (χ0n) is 17.6. The van der Waals surface area contributed by atoms with Gasteiger partial charge in [0, 0.05) is 25.8 Å². The maximum Gasteiger partial charge on any atom is 0.204 e. The molecule has 0 spiro atoms. The number of thiazole rings is 1. The molecule has 0 atom stereocenters. The van der Waals surface area contributed by atoms with E-state index in [-0.39, 0.29) is 6.41 Å². The molecular weight excluding hydrogens is 432 g/mol. The molecule has 4 heterocycles. The minimum atomic E-state index is 0.250. The molecule has 0 fully saturated rings. The van der Waals surface area contributed by atoms with Gasteiger partial charge in [0.25, 0.3) is 0 Å². The number of carbonyl (C=O) groups is 1. The van der Waals surface area contributed by atoms with E-state index in [1.165, 1.54) is 11.3 Å². The number of hydrogen-bond acceptors (Lipinski definition) is 9. The number of pyridine rings is 1. The van der Waals surface area contributed by atoms with Crippen LogP contribution >= 0.6 is 11.3 Å². The number of hydrogen-bond donors (Lipinski definition) is 2. The van der Waals surface area contributed by atoms with Crippen molar-refractivity contribution in [2.75, 3.05) is 32.7 Å². The molecule has 0 bridgehead atoms. The minimum absolute atomic E-state index is 0.250. The van der Waals surface area contributed by atoms with Crippen LogP contribution in [0.4, 0.5) is 5.13 Å². The Balaban J connectivity index is 0.000000775. The van der Waals surface area contributed by atoms with E-state index in [0.29, 0.717) is 25.0 Å². The number of methoxy groups -OCH3 is 1. The Labute approximate surface area is 188 Å². The van der Waals surface area contributed by atoms with E-state index in [9.17, 15) is 0 Å². The van der Waals surface area contributed by atoms with Gasteiger partial charge in [-0.25, -0.2) is 15.0 Å². The standard InChI is InChI=1S/C20H21N5O3S.CH3NO/c1-26-8-9-27-12-10-15-17-16(11-12)28-7-3-2-6-25(17)18(22-15)13-4-5-14-19(23-13)29-20(21)24-14;2-1-3/h4-5,10-11H,2-3,6-9H2,1H3,(H2,21,24);1H,(H2,2,3). The van der Waals surface area contributed by atoms with Gasteiger partial charge in [-0.2, -0.15) is 0 Å². The van der Waals surface area contributed by atoms with Gasteiger partial charge in [-0.15, -0.1) is 0 Å². The molecule has 0 saturated heterocycles. The number of fused-ring (bicyclic) bond motifs is 1. The molecule has 0 saturated carbocycles. The molecule has 1 amide bonds. The van der Waals surface area contributed by atoms with Gasteiger partial charge < -0.3 is 30.2 Å². The normalized spacial score (nSPS) is 13.0. The molecule has 10 nitrogen and oxygen atoms in total. The van der Waals surface area contributed by atoms with Gasteiger partial charge in [0.05, 0.1) is 18.7 Å². The summed E-state index contributed by atoms with van der Waals surface area (Å²) in [7, 11) is 1.65. The summed E-state index contributed by atoms with van der Waals surface area (Å²) < 4.78 is 19.1. The first-order chi connectivity index (χ1) is 15.6. The van der Waals surface area contributed by atoms with Crippen molar-refractivity contribution in [2.24, 2.45) is 5.73 Å². The molecule has 0 aliphatic carbocycles. The third-order valence-corrected chi connectivity index (χ3v) is 5.67. The third-order valence-electron chi connectivity index (χ3n) is 4.87. The number of amides is 1. The van der Waals surface area contributed by atoms with Crippen molar-refractivity contribution < 1.29 is 19.0 Å². The highest BCUT2D eigenvalue weighted by molar-refractivity contribution is 7.21. The zero-order valence-corrected chi connectivity index (χ0v) is 18.4. The van der Waals surface area contributed by atoms with E-state index in [4.69, 9.17) is 34.7 Å². The smallest absolute Gasteiger partial charge is 0.204 e. The van der Waals surface area contributed by atoms with Gasteiger partial charge in [-0.1, -0.05) is 11.3 Å². The lowest BCUT2D eigenvalue weighted by Gasteiger charge is -2.17. The zero-order chi connectivity index (χ0) is 22.5. The average molecular weight is 457 g/mol. The van der Waals surface area contributed by atoms with E-state index in [2.05, 4.69) is 15.3 Å². The molecule has 0 radical (unpaired) electrons. The molecule has 1 aliphatic rings. The van der Waals surface area contributed by atoms with Crippen molar-refractivity contribution in [3.63, 3.8) is 0 Å². The van der Waals surface area contributed by atoms with Crippen molar-refractivity contribution >= 4 is 44.3 Å². The topological polar surface area (TPSA) is 140 Å². The fraction of sp³-hybridized carbons (Fsp3) is 0.333. The first kappa shape index (κ1) is 21.8. The molecule has 3 aromatic heterocycles. The maximum absolute atomic E-state index is 8.58. The number of aromatic nitrogens is 4. The molecule has 11 heteroatoms. The van der Waals surface area contributed by atoms with Crippen LogP contribution in [-0.2, 0) is 16.1 Å². The van der Waals surface area contributed by atoms with Crippen LogP contribution in [0.15, 0.2) is 24.3 Å². The Bertz CT molecular complexity index is 1240. The number of nitrogens with zero attached hydrogens (tertiary/aromatic N) is 4. The van der Waals surface area contributed by atoms with Crippen molar-refractivity contribution in [2.45, 2.75) is 19.4 Å². The van der Waals surface area contributed by atoms with Crippen LogP contribution in [0.1, 0.15) is 12.8 Å². The van der Waals surface area contributed by atoms with Gasteiger partial charge in [0.1, 0.15) is 39.7 Å². The molecular formula is C21H24N6O4S. The van der Waals surface area contributed by atoms with Gasteiger partial charge in [0.2, 0.25) is 6.41 Å². The van der Waals surface area contributed by atoms with E-state index in [0.717, 1.165) is 63.8 Å². The second-order valence-corrected chi connectivity index (χ2v) is 7.99. The van der Waals surface area contributed by atoms with E-state index in [1.807, 2.05) is 24.3 Å². The second kappa shape index (κ2) is 9.79. The number of rotatable bonds is 5. The van der Waals surface area contributed by atoms with Crippen molar-refractivity contribution in [3.05, 3.63) is 24.3 Å². The van der Waals surface area contributed by atoms with E-state index in [1.54, 1.807) is 7.11 Å². The molecule has 0 unspecified atom stereocenters. The number of imidazole rings is 1. The SMILES string of the molecule is COCCOc1cc2c3c(c1)nc(-c1ccc4nc(N)sc4n1)n3CCCCO2.NC=O. The molecule has 1 aromatic carbocycles. The minimum Gasteiger partial charge on any atom is -0.491 e. The lowest BCUT2D eigenvalue weighted by Crippen LogP contribution is -2.09. The number of nitrogen functional groups attached to an aromatic ring is 1. The highest BCUT2D eigenvalue weighted by Gasteiger charge is 2.21. The highest BCUT2D eigenvalue weighted by atomic mass is 32.1. The third kappa shape index (κ3) is 4.43. The van der Waals surface area contributed by atoms with Gasteiger partial charge >= 0.3 is 0 Å². The summed E-state index contributed by atoms with van der Waals surface area (Å²) in [5.74, 6) is 2.33. The molecule has 5 rings (SSSR count). The first-order valence-corrected chi connectivity index (χ1v) is 10.9. The van der Waals surface area contributed by atoms with Crippen LogP contribution in [0.5, 0.6) is 11.5 Å². The van der Waals surface area contributed by atoms with Crippen molar-refractivity contribution in [1.82, 2.24) is 19.5 Å². The number of benzene rings is 1. The van der Waals surface area contributed by atoms with Crippen LogP contribution in [0, 0.1) is 0 Å². The van der Waals surface area contributed by atoms with Crippen LogP contribution in [0.3, 0.4) is 0 Å². The molecule has 4 N–H and O–H groups in total. The summed E-state index contributed by atoms with van der Waals surface area (Å²) in [4.78, 5) is 23.4. The summed E-state index contributed by atoms with van der Waals surface area (Å²) in [6, 6.07) is 7.77. The van der Waals surface area contributed by atoms with Crippen molar-refractivity contribution in [1.29, 1.82) is 0 Å². The summed E-state index contributed by atoms with van der Waals surface area (Å²) in [6.07, 6.45) is 2.24. The Morgan fingerprint density at radius 2 is 2.03 bits per heavy atom. The number of aryl methyl sites for hydroxylation is 1. The quantitative estimate of drug-likeness (QED) is 0.345. The van der Waals surface area contributed by atoms with Crippen molar-refractivity contribution in [3.8, 4) is 23.0 Å². The van der Waals surface area contributed by atoms with Crippen LogP contribution < -0.4 is 20.9 Å². The van der Waals surface area contributed by atoms with Gasteiger partial charge in [-0.3, -0.25) is 4.79 Å². The fourth-order valence-corrected chi connectivity index (χ4v) is 4.27. The van der Waals surface area contributed by atoms with Gasteiger partial charge in [-0.05, 0) is 25.0 Å². The van der Waals surface area contributed by atoms with Gasteiger partial charge in [0.15, 0.2) is 11.0 Å². The predicted octanol–water partition coefficient (Wildman–Crippen LogP) is 2.59. The summed E-state index contributed by atoms with van der Waals surface area (Å²) in [5, 5.41) is 0.515. The lowest BCUT2D eigenvalue weighted by molar-refractivity contribution is -0.106. The monoisotopic (exact) mass is 456 g/mol. The predicted molar refractivity (Wildman–Crippen MR) is 123 cm³/mol. The molecule has 1 aliphatic heterocycles. The van der Waals surface area contributed by atoms with E-state index >= 15 is 0 Å². The summed E-state index contributed by atoms with van der Waals surface area (Å²) in [5.41, 5.74) is 13.4. The Morgan fingerprint density at radius 1 is 1.19 bits per heavy atom. The number of carbonyl (C=O) groups excluding carboxylic acids is 1. The Kier molecular flexibility index (Phi) is 6.66. The van der Waals surface area contributed by atoms with Crippen LogP contribution in [-0.4, -0.2) is 52.9 Å².